The maximum absolute atomic E-state index is 11.7. The van der Waals surface area contributed by atoms with Crippen LogP contribution in [-0.2, 0) is 4.79 Å². The summed E-state index contributed by atoms with van der Waals surface area (Å²) in [7, 11) is 1.62. The van der Waals surface area contributed by atoms with Crippen LogP contribution in [0, 0.1) is 5.92 Å². The minimum atomic E-state index is -0.464. The number of methoxy groups -OCH3 is 1. The number of nitrogens with zero attached hydrogens (tertiary/aromatic N) is 1. The SMILES string of the molecule is CC[C@@H]1[C@H](N)C(=O)N[C@@H]1COc1nccc2ccc(OC)cc12. The van der Waals surface area contributed by atoms with E-state index in [9.17, 15) is 4.79 Å². The molecule has 0 bridgehead atoms. The molecule has 6 heteroatoms. The number of carbonyl (C=O) groups is 1. The average Bonchev–Trinajstić information content (AvgIpc) is 2.86. The van der Waals surface area contributed by atoms with Crippen molar-refractivity contribution in [1.82, 2.24) is 10.3 Å². The smallest absolute Gasteiger partial charge is 0.237 e. The molecule has 0 aliphatic carbocycles. The molecule has 1 aliphatic rings. The molecule has 122 valence electrons. The van der Waals surface area contributed by atoms with Crippen LogP contribution in [0.1, 0.15) is 13.3 Å². The predicted molar refractivity (Wildman–Crippen MR) is 87.5 cm³/mol. The molecule has 1 aliphatic heterocycles. The first kappa shape index (κ1) is 15.6. The molecule has 0 saturated carbocycles. The first-order valence-corrected chi connectivity index (χ1v) is 7.75. The van der Waals surface area contributed by atoms with Crippen LogP contribution in [0.15, 0.2) is 30.5 Å². The van der Waals surface area contributed by atoms with Crippen LogP contribution in [0.4, 0.5) is 0 Å². The molecule has 1 fully saturated rings. The summed E-state index contributed by atoms with van der Waals surface area (Å²) in [5, 5.41) is 4.81. The molecule has 6 nitrogen and oxygen atoms in total. The Morgan fingerprint density at radius 1 is 1.35 bits per heavy atom. The number of ether oxygens (including phenoxy) is 2. The van der Waals surface area contributed by atoms with Crippen LogP contribution in [0.3, 0.4) is 0 Å². The number of carbonyl (C=O) groups excluding carboxylic acids is 1. The van der Waals surface area contributed by atoms with Gasteiger partial charge in [-0.3, -0.25) is 4.79 Å². The van der Waals surface area contributed by atoms with Crippen LogP contribution < -0.4 is 20.5 Å². The number of hydrogen-bond donors (Lipinski definition) is 2. The van der Waals surface area contributed by atoms with Gasteiger partial charge in [0.05, 0.1) is 19.2 Å². The molecule has 1 saturated heterocycles. The van der Waals surface area contributed by atoms with Crippen LogP contribution >= 0.6 is 0 Å². The summed E-state index contributed by atoms with van der Waals surface area (Å²) in [6, 6.07) is 7.12. The normalized spacial score (nSPS) is 23.8. The number of benzene rings is 1. The number of nitrogens with one attached hydrogen (secondary N) is 1. The minimum Gasteiger partial charge on any atom is -0.497 e. The van der Waals surface area contributed by atoms with Crippen molar-refractivity contribution in [2.24, 2.45) is 11.7 Å². The Hall–Kier alpha value is -2.34. The van der Waals surface area contributed by atoms with Gasteiger partial charge in [-0.2, -0.15) is 0 Å². The third-order valence-electron chi connectivity index (χ3n) is 4.42. The Bertz CT molecular complexity index is 719. The van der Waals surface area contributed by atoms with Crippen LogP contribution in [0.2, 0.25) is 0 Å². The summed E-state index contributed by atoms with van der Waals surface area (Å²) in [6.45, 7) is 2.38. The van der Waals surface area contributed by atoms with Crippen LogP contribution in [0.25, 0.3) is 10.8 Å². The van der Waals surface area contributed by atoms with Crippen molar-refractivity contribution in [2.45, 2.75) is 25.4 Å². The van der Waals surface area contributed by atoms with Gasteiger partial charge < -0.3 is 20.5 Å². The molecule has 23 heavy (non-hydrogen) atoms. The molecule has 3 N–H and O–H groups in total. The monoisotopic (exact) mass is 315 g/mol. The molecular weight excluding hydrogens is 294 g/mol. The third-order valence-corrected chi connectivity index (χ3v) is 4.42. The lowest BCUT2D eigenvalue weighted by Crippen LogP contribution is -2.35. The summed E-state index contributed by atoms with van der Waals surface area (Å²) in [5.41, 5.74) is 5.92. The van der Waals surface area contributed by atoms with Gasteiger partial charge in [0.1, 0.15) is 12.4 Å². The number of pyridine rings is 1. The van der Waals surface area contributed by atoms with Crippen molar-refractivity contribution in [3.8, 4) is 11.6 Å². The van der Waals surface area contributed by atoms with Gasteiger partial charge in [-0.25, -0.2) is 4.98 Å². The Morgan fingerprint density at radius 2 is 2.17 bits per heavy atom. The lowest BCUT2D eigenvalue weighted by atomic mass is 9.94. The van der Waals surface area contributed by atoms with Gasteiger partial charge in [-0.05, 0) is 30.0 Å². The highest BCUT2D eigenvalue weighted by molar-refractivity contribution is 5.88. The second kappa shape index (κ2) is 6.42. The molecule has 1 aromatic heterocycles. The molecule has 1 amide bonds. The van der Waals surface area contributed by atoms with Gasteiger partial charge in [-0.15, -0.1) is 0 Å². The predicted octanol–water partition coefficient (Wildman–Crippen LogP) is 1.47. The number of hydrogen-bond acceptors (Lipinski definition) is 5. The van der Waals surface area contributed by atoms with Crippen molar-refractivity contribution in [3.05, 3.63) is 30.5 Å². The van der Waals surface area contributed by atoms with Crippen molar-refractivity contribution < 1.29 is 14.3 Å². The second-order valence-electron chi connectivity index (χ2n) is 5.73. The van der Waals surface area contributed by atoms with E-state index in [0.717, 1.165) is 22.9 Å². The van der Waals surface area contributed by atoms with Crippen molar-refractivity contribution >= 4 is 16.7 Å². The highest BCUT2D eigenvalue weighted by Gasteiger charge is 2.39. The molecule has 2 aromatic rings. The third kappa shape index (κ3) is 2.94. The molecule has 3 atom stereocenters. The summed E-state index contributed by atoms with van der Waals surface area (Å²) < 4.78 is 11.2. The fraction of sp³-hybridized carbons (Fsp3) is 0.412. The topological polar surface area (TPSA) is 86.5 Å². The van der Waals surface area contributed by atoms with E-state index in [1.807, 2.05) is 31.2 Å². The van der Waals surface area contributed by atoms with Gasteiger partial charge in [0.2, 0.25) is 11.8 Å². The molecule has 2 heterocycles. The Balaban J connectivity index is 1.80. The van der Waals surface area contributed by atoms with E-state index < -0.39 is 6.04 Å². The van der Waals surface area contributed by atoms with E-state index in [0.29, 0.717) is 12.5 Å². The van der Waals surface area contributed by atoms with Gasteiger partial charge in [0.15, 0.2) is 0 Å². The molecular formula is C17H21N3O3. The molecule has 0 radical (unpaired) electrons. The van der Waals surface area contributed by atoms with E-state index in [2.05, 4.69) is 10.3 Å². The van der Waals surface area contributed by atoms with Gasteiger partial charge >= 0.3 is 0 Å². The van der Waals surface area contributed by atoms with E-state index >= 15 is 0 Å². The fourth-order valence-corrected chi connectivity index (χ4v) is 3.07. The van der Waals surface area contributed by atoms with Crippen LogP contribution in [0.5, 0.6) is 11.6 Å². The zero-order chi connectivity index (χ0) is 16.4. The number of rotatable bonds is 5. The maximum Gasteiger partial charge on any atom is 0.237 e. The summed E-state index contributed by atoms with van der Waals surface area (Å²) >= 11 is 0. The summed E-state index contributed by atoms with van der Waals surface area (Å²) in [4.78, 5) is 16.0. The number of aromatic nitrogens is 1. The molecule has 3 rings (SSSR count). The van der Waals surface area contributed by atoms with Crippen molar-refractivity contribution in [3.63, 3.8) is 0 Å². The van der Waals surface area contributed by atoms with E-state index in [1.54, 1.807) is 13.3 Å². The first-order valence-electron chi connectivity index (χ1n) is 7.75. The first-order chi connectivity index (χ1) is 11.1. The number of nitrogens with two attached hydrogens (primary N) is 1. The fourth-order valence-electron chi connectivity index (χ4n) is 3.07. The van der Waals surface area contributed by atoms with Gasteiger partial charge in [-0.1, -0.05) is 13.0 Å². The lowest BCUT2D eigenvalue weighted by Gasteiger charge is -2.19. The highest BCUT2D eigenvalue weighted by atomic mass is 16.5. The summed E-state index contributed by atoms with van der Waals surface area (Å²) in [6.07, 6.45) is 2.53. The zero-order valence-corrected chi connectivity index (χ0v) is 13.3. The lowest BCUT2D eigenvalue weighted by molar-refractivity contribution is -0.120. The molecule has 0 unspecified atom stereocenters. The number of fused-ring (bicyclic) bond motifs is 1. The Morgan fingerprint density at radius 3 is 2.91 bits per heavy atom. The summed E-state index contributed by atoms with van der Waals surface area (Å²) in [5.74, 6) is 1.24. The van der Waals surface area contributed by atoms with Gasteiger partial charge in [0, 0.05) is 17.5 Å². The van der Waals surface area contributed by atoms with E-state index in [-0.39, 0.29) is 17.9 Å². The highest BCUT2D eigenvalue weighted by Crippen LogP contribution is 2.28. The van der Waals surface area contributed by atoms with E-state index in [4.69, 9.17) is 15.2 Å². The number of amides is 1. The second-order valence-corrected chi connectivity index (χ2v) is 5.73. The standard InChI is InChI=1S/C17H21N3O3/c1-3-12-14(20-16(21)15(12)18)9-23-17-13-8-11(22-2)5-4-10(13)6-7-19-17/h4-8,12,14-15H,3,9,18H2,1-2H3,(H,20,21)/t12-,14+,15-/m0/s1. The van der Waals surface area contributed by atoms with E-state index in [1.165, 1.54) is 0 Å². The molecule has 1 aromatic carbocycles. The Kier molecular flexibility index (Phi) is 4.34. The van der Waals surface area contributed by atoms with Gasteiger partial charge in [0.25, 0.3) is 0 Å². The minimum absolute atomic E-state index is 0.0759. The van der Waals surface area contributed by atoms with Crippen molar-refractivity contribution in [1.29, 1.82) is 0 Å². The maximum atomic E-state index is 11.7. The van der Waals surface area contributed by atoms with Crippen molar-refractivity contribution in [2.75, 3.05) is 13.7 Å². The quantitative estimate of drug-likeness (QED) is 0.872. The molecule has 0 spiro atoms. The van der Waals surface area contributed by atoms with Crippen LogP contribution in [-0.4, -0.2) is 36.7 Å². The zero-order valence-electron chi connectivity index (χ0n) is 13.3. The average molecular weight is 315 g/mol. The largest absolute Gasteiger partial charge is 0.497 e. The Labute approximate surface area is 135 Å².